The number of aldehydes is 1. The first-order valence-corrected chi connectivity index (χ1v) is 4.06. The third-order valence-electron chi connectivity index (χ3n) is 1.34. The molecule has 0 bridgehead atoms. The molecule has 1 heterocycles. The topological polar surface area (TPSA) is 43.1 Å². The van der Waals surface area contributed by atoms with E-state index in [2.05, 4.69) is 21.1 Å². The lowest BCUT2D eigenvalue weighted by Gasteiger charge is -1.96. The van der Waals surface area contributed by atoms with Crippen molar-refractivity contribution in [3.8, 4) is 0 Å². The van der Waals surface area contributed by atoms with E-state index in [1.165, 1.54) is 0 Å². The quantitative estimate of drug-likeness (QED) is 0.715. The highest BCUT2D eigenvalue weighted by molar-refractivity contribution is 9.10. The first-order valence-electron chi connectivity index (χ1n) is 3.27. The van der Waals surface area contributed by atoms with E-state index in [1.54, 1.807) is 0 Å². The molecular weight excluding hydrogens is 210 g/mol. The molecule has 1 rings (SSSR count). The first kappa shape index (κ1) is 8.46. The van der Waals surface area contributed by atoms with Crippen LogP contribution in [0.15, 0.2) is 9.00 Å². The third kappa shape index (κ3) is 1.50. The van der Waals surface area contributed by atoms with Crippen LogP contribution in [0.3, 0.4) is 0 Å². The van der Waals surface area contributed by atoms with Gasteiger partial charge in [-0.05, 0) is 15.9 Å². The lowest BCUT2D eigenvalue weighted by molar-refractivity contribution is 0.109. The van der Waals surface area contributed by atoms with E-state index in [4.69, 9.17) is 4.52 Å². The summed E-state index contributed by atoms with van der Waals surface area (Å²) in [7, 11) is 0. The Balaban J connectivity index is 3.10. The van der Waals surface area contributed by atoms with Crippen molar-refractivity contribution in [1.29, 1.82) is 0 Å². The maximum absolute atomic E-state index is 10.3. The first-order chi connectivity index (χ1) is 5.16. The summed E-state index contributed by atoms with van der Waals surface area (Å²) in [4.78, 5) is 10.3. The van der Waals surface area contributed by atoms with Crippen molar-refractivity contribution in [3.63, 3.8) is 0 Å². The molecule has 0 N–H and O–H groups in total. The molecule has 60 valence electrons. The zero-order chi connectivity index (χ0) is 8.43. The van der Waals surface area contributed by atoms with Gasteiger partial charge in [-0.2, -0.15) is 0 Å². The van der Waals surface area contributed by atoms with E-state index >= 15 is 0 Å². The van der Waals surface area contributed by atoms with Crippen molar-refractivity contribution in [2.75, 3.05) is 0 Å². The SMILES string of the molecule is CC(C)c1noc(C=O)c1Br. The molecule has 1 aromatic rings. The summed E-state index contributed by atoms with van der Waals surface area (Å²) < 4.78 is 5.41. The molecule has 3 nitrogen and oxygen atoms in total. The van der Waals surface area contributed by atoms with Crippen molar-refractivity contribution in [1.82, 2.24) is 5.16 Å². The fraction of sp³-hybridized carbons (Fsp3) is 0.429. The Morgan fingerprint density at radius 3 is 2.55 bits per heavy atom. The van der Waals surface area contributed by atoms with Gasteiger partial charge in [0.25, 0.3) is 0 Å². The number of aromatic nitrogens is 1. The molecule has 0 spiro atoms. The summed E-state index contributed by atoms with van der Waals surface area (Å²) in [5.74, 6) is 0.524. The lowest BCUT2D eigenvalue weighted by atomic mass is 10.1. The van der Waals surface area contributed by atoms with Gasteiger partial charge in [0, 0.05) is 5.92 Å². The fourth-order valence-electron chi connectivity index (χ4n) is 0.737. The number of halogens is 1. The highest BCUT2D eigenvalue weighted by Crippen LogP contribution is 2.25. The Hall–Kier alpha value is -0.640. The van der Waals surface area contributed by atoms with Crippen LogP contribution in [-0.2, 0) is 0 Å². The van der Waals surface area contributed by atoms with Gasteiger partial charge in [0.15, 0.2) is 6.29 Å². The summed E-state index contributed by atoms with van der Waals surface area (Å²) in [6.45, 7) is 3.97. The third-order valence-corrected chi connectivity index (χ3v) is 2.13. The molecule has 0 atom stereocenters. The molecule has 1 aromatic heterocycles. The second-order valence-corrected chi connectivity index (χ2v) is 3.31. The highest BCUT2D eigenvalue weighted by Gasteiger charge is 2.14. The Bertz CT molecular complexity index is 267. The van der Waals surface area contributed by atoms with Crippen LogP contribution in [0.1, 0.15) is 36.0 Å². The standard InChI is InChI=1S/C7H8BrNO2/c1-4(2)7-6(8)5(3-10)11-9-7/h3-4H,1-2H3. The van der Waals surface area contributed by atoms with Crippen LogP contribution in [0.25, 0.3) is 0 Å². The minimum absolute atomic E-state index is 0.258. The molecule has 0 aromatic carbocycles. The molecule has 11 heavy (non-hydrogen) atoms. The highest BCUT2D eigenvalue weighted by atomic mass is 79.9. The van der Waals surface area contributed by atoms with Crippen molar-refractivity contribution in [3.05, 3.63) is 15.9 Å². The van der Waals surface area contributed by atoms with Crippen molar-refractivity contribution < 1.29 is 9.32 Å². The number of rotatable bonds is 2. The largest absolute Gasteiger partial charge is 0.352 e. The zero-order valence-electron chi connectivity index (χ0n) is 6.30. The van der Waals surface area contributed by atoms with Gasteiger partial charge in [-0.15, -0.1) is 0 Å². The Kier molecular flexibility index (Phi) is 2.44. The Morgan fingerprint density at radius 2 is 2.27 bits per heavy atom. The lowest BCUT2D eigenvalue weighted by Crippen LogP contribution is -1.87. The minimum Gasteiger partial charge on any atom is -0.352 e. The Morgan fingerprint density at radius 1 is 1.64 bits per heavy atom. The Labute approximate surface area is 72.9 Å². The van der Waals surface area contributed by atoms with Crippen LogP contribution >= 0.6 is 15.9 Å². The van der Waals surface area contributed by atoms with E-state index < -0.39 is 0 Å². The number of hydrogen-bond donors (Lipinski definition) is 0. The number of carbonyl (C=O) groups excluding carboxylic acids is 1. The summed E-state index contributed by atoms with van der Waals surface area (Å²) in [5, 5.41) is 3.73. The zero-order valence-corrected chi connectivity index (χ0v) is 7.88. The van der Waals surface area contributed by atoms with Gasteiger partial charge in [0.05, 0.1) is 4.47 Å². The van der Waals surface area contributed by atoms with Crippen LogP contribution in [0.5, 0.6) is 0 Å². The second kappa shape index (κ2) is 3.17. The molecule has 0 fully saturated rings. The summed E-state index contributed by atoms with van der Waals surface area (Å²) >= 11 is 3.22. The molecule has 0 aliphatic rings. The van der Waals surface area contributed by atoms with Gasteiger partial charge in [-0.25, -0.2) is 0 Å². The van der Waals surface area contributed by atoms with E-state index in [1.807, 2.05) is 13.8 Å². The summed E-state index contributed by atoms with van der Waals surface area (Å²) in [6, 6.07) is 0. The van der Waals surface area contributed by atoms with Gasteiger partial charge < -0.3 is 4.52 Å². The van der Waals surface area contributed by atoms with Crippen LogP contribution < -0.4 is 0 Å². The van der Waals surface area contributed by atoms with Crippen molar-refractivity contribution >= 4 is 22.2 Å². The van der Waals surface area contributed by atoms with Crippen LogP contribution in [-0.4, -0.2) is 11.4 Å². The normalized spacial score (nSPS) is 10.5. The number of hydrogen-bond acceptors (Lipinski definition) is 3. The summed E-state index contributed by atoms with van der Waals surface area (Å²) in [6.07, 6.45) is 0.642. The molecule has 0 aliphatic heterocycles. The fourth-order valence-corrected chi connectivity index (χ4v) is 1.43. The molecule has 0 aliphatic carbocycles. The molecule has 0 saturated carbocycles. The molecule has 4 heteroatoms. The maximum atomic E-state index is 10.3. The molecular formula is C7H8BrNO2. The van der Waals surface area contributed by atoms with Crippen LogP contribution in [0.2, 0.25) is 0 Å². The number of carbonyl (C=O) groups is 1. The predicted molar refractivity (Wildman–Crippen MR) is 43.7 cm³/mol. The minimum atomic E-state index is 0.258. The van der Waals surface area contributed by atoms with E-state index in [9.17, 15) is 4.79 Å². The van der Waals surface area contributed by atoms with Crippen LogP contribution in [0.4, 0.5) is 0 Å². The average Bonchev–Trinajstić information content (AvgIpc) is 2.30. The molecule has 0 unspecified atom stereocenters. The van der Waals surface area contributed by atoms with E-state index in [0.717, 1.165) is 5.69 Å². The van der Waals surface area contributed by atoms with Crippen LogP contribution in [0, 0.1) is 0 Å². The smallest absolute Gasteiger partial charge is 0.213 e. The van der Waals surface area contributed by atoms with Crippen molar-refractivity contribution in [2.45, 2.75) is 19.8 Å². The van der Waals surface area contributed by atoms with Gasteiger partial charge >= 0.3 is 0 Å². The maximum Gasteiger partial charge on any atom is 0.213 e. The van der Waals surface area contributed by atoms with Gasteiger partial charge in [-0.1, -0.05) is 19.0 Å². The molecule has 0 amide bonds. The van der Waals surface area contributed by atoms with Gasteiger partial charge in [0.1, 0.15) is 5.69 Å². The molecule has 0 radical (unpaired) electrons. The summed E-state index contributed by atoms with van der Waals surface area (Å²) in [5.41, 5.74) is 0.784. The predicted octanol–water partition coefficient (Wildman–Crippen LogP) is 2.37. The van der Waals surface area contributed by atoms with Gasteiger partial charge in [0.2, 0.25) is 5.76 Å². The van der Waals surface area contributed by atoms with E-state index in [-0.39, 0.29) is 11.7 Å². The number of nitrogens with zero attached hydrogens (tertiary/aromatic N) is 1. The van der Waals surface area contributed by atoms with Crippen molar-refractivity contribution in [2.24, 2.45) is 0 Å². The average molecular weight is 218 g/mol. The van der Waals surface area contributed by atoms with Gasteiger partial charge in [-0.3, -0.25) is 4.79 Å². The monoisotopic (exact) mass is 217 g/mol. The van der Waals surface area contributed by atoms with E-state index in [0.29, 0.717) is 10.8 Å². The molecule has 0 saturated heterocycles. The second-order valence-electron chi connectivity index (χ2n) is 2.52.